The highest BCUT2D eigenvalue weighted by Crippen LogP contribution is 2.64. The van der Waals surface area contributed by atoms with Crippen LogP contribution in [0.25, 0.3) is 0 Å². The molecule has 0 radical (unpaired) electrons. The zero-order valence-corrected chi connectivity index (χ0v) is 13.9. The first-order valence-electron chi connectivity index (χ1n) is 8.56. The molecule has 5 atom stereocenters. The summed E-state index contributed by atoms with van der Waals surface area (Å²) in [7, 11) is 0. The maximum Gasteiger partial charge on any atom is 0.174 e. The van der Waals surface area contributed by atoms with Crippen LogP contribution >= 0.6 is 11.6 Å². The van der Waals surface area contributed by atoms with Gasteiger partial charge in [-0.15, -0.1) is 0 Å². The zero-order valence-electron chi connectivity index (χ0n) is 13.1. The lowest BCUT2D eigenvalue weighted by Gasteiger charge is -2.57. The minimum atomic E-state index is 0.186. The molecule has 0 aromatic heterocycles. The third-order valence-corrected chi connectivity index (χ3v) is 7.82. The number of carbonyl (C=O) groups excluding carboxylic acids is 1. The van der Waals surface area contributed by atoms with E-state index in [9.17, 15) is 4.79 Å². The summed E-state index contributed by atoms with van der Waals surface area (Å²) in [5.41, 5.74) is 1.93. The Kier molecular flexibility index (Phi) is 2.99. The first-order chi connectivity index (χ1) is 9.96. The predicted molar refractivity (Wildman–Crippen MR) is 86.0 cm³/mol. The number of hydrogen-bond acceptors (Lipinski definition) is 1. The fourth-order valence-electron chi connectivity index (χ4n) is 6.13. The van der Waals surface area contributed by atoms with E-state index in [-0.39, 0.29) is 11.2 Å². The molecule has 21 heavy (non-hydrogen) atoms. The topological polar surface area (TPSA) is 17.1 Å². The minimum absolute atomic E-state index is 0.186. The van der Waals surface area contributed by atoms with E-state index in [2.05, 4.69) is 26.0 Å². The Morgan fingerprint density at radius 2 is 1.95 bits per heavy atom. The Labute approximate surface area is 132 Å². The van der Waals surface area contributed by atoms with Crippen molar-refractivity contribution in [3.63, 3.8) is 0 Å². The predicted octanol–water partition coefficient (Wildman–Crippen LogP) is 5.25. The summed E-state index contributed by atoms with van der Waals surface area (Å²) in [6, 6.07) is 0. The van der Waals surface area contributed by atoms with Crippen molar-refractivity contribution in [3.8, 4) is 0 Å². The van der Waals surface area contributed by atoms with Crippen LogP contribution in [0.15, 0.2) is 22.8 Å². The van der Waals surface area contributed by atoms with Crippen LogP contribution in [0.5, 0.6) is 0 Å². The molecule has 5 unspecified atom stereocenters. The van der Waals surface area contributed by atoms with Gasteiger partial charge >= 0.3 is 0 Å². The second-order valence-corrected chi connectivity index (χ2v) is 8.61. The second-order valence-electron chi connectivity index (χ2n) is 8.23. The van der Waals surface area contributed by atoms with Gasteiger partial charge in [0, 0.05) is 6.42 Å². The monoisotopic (exact) mass is 304 g/mol. The fraction of sp³-hybridized carbons (Fsp3) is 0.737. The number of hydrogen-bond donors (Lipinski definition) is 0. The van der Waals surface area contributed by atoms with Crippen molar-refractivity contribution in [2.45, 2.75) is 58.8 Å². The highest BCUT2D eigenvalue weighted by atomic mass is 35.5. The molecule has 1 nitrogen and oxygen atoms in total. The summed E-state index contributed by atoms with van der Waals surface area (Å²) in [5, 5.41) is 0.597. The molecule has 4 rings (SSSR count). The van der Waals surface area contributed by atoms with E-state index in [0.29, 0.717) is 16.9 Å². The maximum atomic E-state index is 12.0. The Morgan fingerprint density at radius 3 is 2.76 bits per heavy atom. The SMILES string of the molecule is CC12C=CCC1C1CCC3=C(Cl)C(=O)CCC3(C)C1CC2. The van der Waals surface area contributed by atoms with Gasteiger partial charge in [0.2, 0.25) is 0 Å². The van der Waals surface area contributed by atoms with Crippen molar-refractivity contribution in [2.75, 3.05) is 0 Å². The fourth-order valence-corrected chi connectivity index (χ4v) is 6.54. The zero-order chi connectivity index (χ0) is 14.8. The van der Waals surface area contributed by atoms with Crippen LogP contribution in [0.4, 0.5) is 0 Å². The van der Waals surface area contributed by atoms with Gasteiger partial charge in [-0.05, 0) is 72.7 Å². The summed E-state index contributed by atoms with van der Waals surface area (Å²) in [5.74, 6) is 2.57. The lowest BCUT2D eigenvalue weighted by molar-refractivity contribution is -0.117. The molecule has 2 heteroatoms. The molecule has 0 heterocycles. The summed E-state index contributed by atoms with van der Waals surface area (Å²) in [6.45, 7) is 4.86. The van der Waals surface area contributed by atoms with Crippen molar-refractivity contribution < 1.29 is 4.79 Å². The lowest BCUT2D eigenvalue weighted by Crippen LogP contribution is -2.49. The van der Waals surface area contributed by atoms with E-state index in [1.165, 1.54) is 31.3 Å². The Morgan fingerprint density at radius 1 is 1.14 bits per heavy atom. The average Bonchev–Trinajstić information content (AvgIpc) is 2.85. The molecular weight excluding hydrogens is 280 g/mol. The van der Waals surface area contributed by atoms with Crippen LogP contribution in [0.1, 0.15) is 58.8 Å². The van der Waals surface area contributed by atoms with E-state index >= 15 is 0 Å². The smallest absolute Gasteiger partial charge is 0.174 e. The second kappa shape index (κ2) is 4.47. The third kappa shape index (κ3) is 1.79. The number of carbonyl (C=O) groups is 1. The Hall–Kier alpha value is -0.560. The van der Waals surface area contributed by atoms with Gasteiger partial charge in [-0.1, -0.05) is 37.6 Å². The molecule has 114 valence electrons. The number of halogens is 1. The number of ketones is 1. The molecule has 2 fully saturated rings. The van der Waals surface area contributed by atoms with Gasteiger partial charge in [-0.3, -0.25) is 4.79 Å². The third-order valence-electron chi connectivity index (χ3n) is 7.38. The maximum absolute atomic E-state index is 12.0. The van der Waals surface area contributed by atoms with Crippen LogP contribution < -0.4 is 0 Å². The molecule has 0 aromatic rings. The van der Waals surface area contributed by atoms with Crippen molar-refractivity contribution >= 4 is 17.4 Å². The van der Waals surface area contributed by atoms with Gasteiger partial charge in [0.1, 0.15) is 0 Å². The molecule has 0 aromatic carbocycles. The summed E-state index contributed by atoms with van der Waals surface area (Å²) in [6.07, 6.45) is 12.7. The minimum Gasteiger partial charge on any atom is -0.293 e. The number of Topliss-reactive ketones (excluding diaryl/α,β-unsaturated/α-hetero) is 1. The lowest BCUT2D eigenvalue weighted by atomic mass is 9.47. The van der Waals surface area contributed by atoms with Crippen molar-refractivity contribution in [3.05, 3.63) is 22.8 Å². The van der Waals surface area contributed by atoms with Crippen molar-refractivity contribution in [2.24, 2.45) is 28.6 Å². The molecule has 4 aliphatic carbocycles. The van der Waals surface area contributed by atoms with E-state index < -0.39 is 0 Å². The van der Waals surface area contributed by atoms with E-state index in [4.69, 9.17) is 11.6 Å². The molecule has 0 saturated heterocycles. The molecule has 0 spiro atoms. The number of fused-ring (bicyclic) bond motifs is 5. The standard InChI is InChI=1S/C19H25ClO/c1-18-9-3-4-13(18)12-5-6-15-17(20)16(21)8-11-19(15,2)14(12)7-10-18/h3,9,12-14H,4-8,10-11H2,1-2H3. The van der Waals surface area contributed by atoms with Gasteiger partial charge in [-0.25, -0.2) is 0 Å². The van der Waals surface area contributed by atoms with Crippen LogP contribution in [0.3, 0.4) is 0 Å². The molecule has 0 amide bonds. The van der Waals surface area contributed by atoms with Gasteiger partial charge < -0.3 is 0 Å². The summed E-state index contributed by atoms with van der Waals surface area (Å²) < 4.78 is 0. The Balaban J connectivity index is 1.73. The summed E-state index contributed by atoms with van der Waals surface area (Å²) in [4.78, 5) is 12.0. The molecule has 0 aliphatic heterocycles. The van der Waals surface area contributed by atoms with E-state index in [1.807, 2.05) is 0 Å². The van der Waals surface area contributed by atoms with Crippen molar-refractivity contribution in [1.82, 2.24) is 0 Å². The number of rotatable bonds is 0. The van der Waals surface area contributed by atoms with E-state index in [0.717, 1.165) is 30.6 Å². The van der Waals surface area contributed by atoms with Crippen molar-refractivity contribution in [1.29, 1.82) is 0 Å². The molecule has 0 N–H and O–H groups in total. The normalized spacial score (nSPS) is 48.9. The highest BCUT2D eigenvalue weighted by molar-refractivity contribution is 6.43. The average molecular weight is 305 g/mol. The van der Waals surface area contributed by atoms with Gasteiger partial charge in [-0.2, -0.15) is 0 Å². The van der Waals surface area contributed by atoms with Gasteiger partial charge in [0.05, 0.1) is 5.03 Å². The molecule has 4 aliphatic rings. The first kappa shape index (κ1) is 14.1. The quantitative estimate of drug-likeness (QED) is 0.559. The van der Waals surface area contributed by atoms with Crippen LogP contribution in [0, 0.1) is 28.6 Å². The molecular formula is C19H25ClO. The molecule has 2 saturated carbocycles. The number of allylic oxidation sites excluding steroid dienone is 4. The Bertz CT molecular complexity index is 560. The van der Waals surface area contributed by atoms with Crippen LogP contribution in [-0.2, 0) is 4.79 Å². The van der Waals surface area contributed by atoms with Gasteiger partial charge in [0.15, 0.2) is 5.78 Å². The van der Waals surface area contributed by atoms with E-state index in [1.54, 1.807) is 0 Å². The van der Waals surface area contributed by atoms with Gasteiger partial charge in [0.25, 0.3) is 0 Å². The largest absolute Gasteiger partial charge is 0.293 e. The highest BCUT2D eigenvalue weighted by Gasteiger charge is 2.55. The molecule has 0 bridgehead atoms. The van der Waals surface area contributed by atoms with Crippen LogP contribution in [-0.4, -0.2) is 5.78 Å². The van der Waals surface area contributed by atoms with Crippen LogP contribution in [0.2, 0.25) is 0 Å². The summed E-state index contributed by atoms with van der Waals surface area (Å²) >= 11 is 6.42. The first-order valence-corrected chi connectivity index (χ1v) is 8.93.